The molecular weight excluding hydrogens is 296 g/mol. The minimum atomic E-state index is -0.540. The largest absolute Gasteiger partial charge is 0.323 e. The number of halogens is 1. The van der Waals surface area contributed by atoms with Gasteiger partial charge in [-0.2, -0.15) is 0 Å². The number of nitrogens with zero attached hydrogens (tertiary/aromatic N) is 1. The van der Waals surface area contributed by atoms with Gasteiger partial charge in [-0.1, -0.05) is 17.7 Å². The van der Waals surface area contributed by atoms with Crippen molar-refractivity contribution < 1.29 is 9.72 Å². The number of nitro groups is 1. The van der Waals surface area contributed by atoms with Gasteiger partial charge in [0, 0.05) is 22.8 Å². The molecule has 108 valence electrons. The van der Waals surface area contributed by atoms with E-state index in [2.05, 4.69) is 10.7 Å². The predicted molar refractivity (Wildman–Crippen MR) is 80.3 cm³/mol. The summed E-state index contributed by atoms with van der Waals surface area (Å²) < 4.78 is 0. The molecule has 2 aromatic rings. The van der Waals surface area contributed by atoms with Crippen LogP contribution < -0.4 is 16.6 Å². The molecule has 7 nitrogen and oxygen atoms in total. The number of non-ortho nitro benzene ring substituents is 1. The van der Waals surface area contributed by atoms with Gasteiger partial charge in [-0.25, -0.2) is 0 Å². The Labute approximate surface area is 124 Å². The lowest BCUT2D eigenvalue weighted by molar-refractivity contribution is -0.384. The first kappa shape index (κ1) is 14.8. The van der Waals surface area contributed by atoms with E-state index < -0.39 is 10.8 Å². The number of hydrogen-bond donors (Lipinski definition) is 3. The van der Waals surface area contributed by atoms with E-state index in [9.17, 15) is 14.9 Å². The first-order valence-electron chi connectivity index (χ1n) is 5.83. The van der Waals surface area contributed by atoms with Crippen molar-refractivity contribution in [1.29, 1.82) is 0 Å². The quantitative estimate of drug-likeness (QED) is 0.457. The zero-order chi connectivity index (χ0) is 15.4. The lowest BCUT2D eigenvalue weighted by Crippen LogP contribution is -2.17. The van der Waals surface area contributed by atoms with Crippen LogP contribution in [0.5, 0.6) is 0 Å². The highest BCUT2D eigenvalue weighted by Crippen LogP contribution is 2.22. The molecule has 4 N–H and O–H groups in total. The molecule has 0 radical (unpaired) electrons. The van der Waals surface area contributed by atoms with Gasteiger partial charge in [0.25, 0.3) is 11.6 Å². The zero-order valence-corrected chi connectivity index (χ0v) is 11.4. The first-order valence-corrected chi connectivity index (χ1v) is 6.21. The molecule has 0 atom stereocenters. The Hall–Kier alpha value is -2.64. The second kappa shape index (κ2) is 6.21. The molecule has 0 saturated heterocycles. The summed E-state index contributed by atoms with van der Waals surface area (Å²) in [5.74, 6) is 4.85. The third-order valence-electron chi connectivity index (χ3n) is 2.70. The Bertz CT molecular complexity index is 706. The van der Waals surface area contributed by atoms with Crippen LogP contribution in [0.2, 0.25) is 5.02 Å². The van der Waals surface area contributed by atoms with E-state index in [1.54, 1.807) is 18.2 Å². The van der Waals surface area contributed by atoms with Gasteiger partial charge < -0.3 is 10.7 Å². The number of carbonyl (C=O) groups is 1. The molecule has 2 rings (SSSR count). The van der Waals surface area contributed by atoms with Gasteiger partial charge >= 0.3 is 0 Å². The number of amides is 1. The van der Waals surface area contributed by atoms with Crippen LogP contribution in [0.1, 0.15) is 10.4 Å². The van der Waals surface area contributed by atoms with Crippen molar-refractivity contribution >= 4 is 34.6 Å². The maximum atomic E-state index is 12.2. The third kappa shape index (κ3) is 3.47. The molecule has 0 aromatic heterocycles. The number of nitrogens with one attached hydrogen (secondary N) is 2. The maximum Gasteiger partial charge on any atom is 0.271 e. The molecule has 0 bridgehead atoms. The van der Waals surface area contributed by atoms with E-state index in [0.29, 0.717) is 16.4 Å². The average Bonchev–Trinajstić information content (AvgIpc) is 2.47. The maximum absolute atomic E-state index is 12.2. The standard InChI is InChI=1S/C13H11ClN4O3/c14-8-4-5-12(17-15)11(6-8)13(19)16-9-2-1-3-10(7-9)18(20)21/h1-7,17H,15H2,(H,16,19). The highest BCUT2D eigenvalue weighted by atomic mass is 35.5. The lowest BCUT2D eigenvalue weighted by Gasteiger charge is -2.10. The summed E-state index contributed by atoms with van der Waals surface area (Å²) in [6.45, 7) is 0. The van der Waals surface area contributed by atoms with E-state index in [1.807, 2.05) is 0 Å². The number of anilines is 2. The van der Waals surface area contributed by atoms with Gasteiger partial charge in [-0.3, -0.25) is 20.8 Å². The molecule has 0 aliphatic carbocycles. The van der Waals surface area contributed by atoms with Gasteiger partial charge in [-0.15, -0.1) is 0 Å². The van der Waals surface area contributed by atoms with Crippen LogP contribution in [0.25, 0.3) is 0 Å². The van der Waals surface area contributed by atoms with Crippen molar-refractivity contribution in [3.05, 3.63) is 63.2 Å². The van der Waals surface area contributed by atoms with Crippen molar-refractivity contribution in [2.75, 3.05) is 10.7 Å². The van der Waals surface area contributed by atoms with Crippen LogP contribution in [0.4, 0.5) is 17.1 Å². The van der Waals surface area contributed by atoms with E-state index >= 15 is 0 Å². The number of rotatable bonds is 4. The summed E-state index contributed by atoms with van der Waals surface area (Å²) >= 11 is 5.85. The Morgan fingerprint density at radius 2 is 2.00 bits per heavy atom. The molecule has 0 spiro atoms. The first-order chi connectivity index (χ1) is 10.0. The van der Waals surface area contributed by atoms with Crippen molar-refractivity contribution in [3.8, 4) is 0 Å². The molecule has 0 unspecified atom stereocenters. The minimum Gasteiger partial charge on any atom is -0.323 e. The monoisotopic (exact) mass is 306 g/mol. The molecule has 0 heterocycles. The fourth-order valence-electron chi connectivity index (χ4n) is 1.73. The number of benzene rings is 2. The van der Waals surface area contributed by atoms with Gasteiger partial charge in [0.05, 0.1) is 16.2 Å². The Kier molecular flexibility index (Phi) is 4.36. The zero-order valence-electron chi connectivity index (χ0n) is 10.7. The van der Waals surface area contributed by atoms with E-state index in [1.165, 1.54) is 24.3 Å². The average molecular weight is 307 g/mol. The summed E-state index contributed by atoms with van der Waals surface area (Å²) in [6, 6.07) is 10.2. The highest BCUT2D eigenvalue weighted by Gasteiger charge is 2.13. The van der Waals surface area contributed by atoms with Crippen LogP contribution in [-0.4, -0.2) is 10.8 Å². The molecule has 0 saturated carbocycles. The van der Waals surface area contributed by atoms with E-state index in [4.69, 9.17) is 17.4 Å². The number of nitrogen functional groups attached to an aromatic ring is 1. The highest BCUT2D eigenvalue weighted by molar-refractivity contribution is 6.31. The number of nitrogens with two attached hydrogens (primary N) is 1. The van der Waals surface area contributed by atoms with Crippen molar-refractivity contribution in [2.24, 2.45) is 5.84 Å². The summed E-state index contributed by atoms with van der Waals surface area (Å²) in [7, 11) is 0. The molecule has 21 heavy (non-hydrogen) atoms. The number of hydrazine groups is 1. The van der Waals surface area contributed by atoms with Crippen LogP contribution in [0, 0.1) is 10.1 Å². The fraction of sp³-hybridized carbons (Fsp3) is 0. The lowest BCUT2D eigenvalue weighted by atomic mass is 10.1. The second-order valence-electron chi connectivity index (χ2n) is 4.10. The van der Waals surface area contributed by atoms with Gasteiger partial charge in [0.2, 0.25) is 0 Å². The number of nitro benzene ring substituents is 1. The van der Waals surface area contributed by atoms with Crippen molar-refractivity contribution in [2.45, 2.75) is 0 Å². The molecule has 0 fully saturated rings. The summed E-state index contributed by atoms with van der Waals surface area (Å²) in [4.78, 5) is 22.4. The van der Waals surface area contributed by atoms with E-state index in [-0.39, 0.29) is 11.3 Å². The van der Waals surface area contributed by atoms with Crippen molar-refractivity contribution in [1.82, 2.24) is 0 Å². The van der Waals surface area contributed by atoms with Crippen LogP contribution in [-0.2, 0) is 0 Å². The Morgan fingerprint density at radius 1 is 1.24 bits per heavy atom. The summed E-state index contributed by atoms with van der Waals surface area (Å²) in [5, 5.41) is 13.6. The van der Waals surface area contributed by atoms with Crippen LogP contribution in [0.3, 0.4) is 0 Å². The van der Waals surface area contributed by atoms with E-state index in [0.717, 1.165) is 0 Å². The summed E-state index contributed by atoms with van der Waals surface area (Å²) in [6.07, 6.45) is 0. The van der Waals surface area contributed by atoms with Crippen LogP contribution in [0.15, 0.2) is 42.5 Å². The molecule has 8 heteroatoms. The summed E-state index contributed by atoms with van der Waals surface area (Å²) in [5.41, 5.74) is 3.20. The predicted octanol–water partition coefficient (Wildman–Crippen LogP) is 2.79. The smallest absolute Gasteiger partial charge is 0.271 e. The second-order valence-corrected chi connectivity index (χ2v) is 4.53. The number of carbonyl (C=O) groups excluding carboxylic acids is 1. The molecule has 2 aromatic carbocycles. The Morgan fingerprint density at radius 3 is 2.67 bits per heavy atom. The number of hydrogen-bond acceptors (Lipinski definition) is 5. The molecule has 1 amide bonds. The normalized spacial score (nSPS) is 10.0. The SMILES string of the molecule is NNc1ccc(Cl)cc1C(=O)Nc1cccc([N+](=O)[O-])c1. The van der Waals surface area contributed by atoms with Crippen molar-refractivity contribution in [3.63, 3.8) is 0 Å². The third-order valence-corrected chi connectivity index (χ3v) is 2.93. The minimum absolute atomic E-state index is 0.115. The molecular formula is C13H11ClN4O3. The molecule has 0 aliphatic rings. The topological polar surface area (TPSA) is 110 Å². The van der Waals surface area contributed by atoms with Crippen LogP contribution >= 0.6 is 11.6 Å². The van der Waals surface area contributed by atoms with Gasteiger partial charge in [-0.05, 0) is 24.3 Å². The fourth-order valence-corrected chi connectivity index (χ4v) is 1.90. The Balaban J connectivity index is 2.28. The van der Waals surface area contributed by atoms with Gasteiger partial charge in [0.15, 0.2) is 0 Å². The van der Waals surface area contributed by atoms with Gasteiger partial charge in [0.1, 0.15) is 0 Å². The molecule has 0 aliphatic heterocycles.